The fourth-order valence-electron chi connectivity index (χ4n) is 5.84. The van der Waals surface area contributed by atoms with E-state index in [0.717, 1.165) is 54.2 Å². The molecule has 0 aliphatic carbocycles. The molecule has 3 aliphatic heterocycles. The zero-order valence-electron chi connectivity index (χ0n) is 24.4. The third-order valence-corrected chi connectivity index (χ3v) is 8.57. The molecule has 0 spiro atoms. The van der Waals surface area contributed by atoms with Crippen LogP contribution >= 0.6 is 0 Å². The molecular weight excluding hydrogens is 516 g/mol. The average Bonchev–Trinajstić information content (AvgIpc) is 3.04. The number of fused-ring (bicyclic) bond motifs is 3. The Hall–Kier alpha value is -3.84. The van der Waals surface area contributed by atoms with Gasteiger partial charge in [0.05, 0.1) is 14.2 Å². The highest BCUT2D eigenvalue weighted by atomic mass is 16.5. The smallest absolute Gasteiger partial charge is 0.181 e. The Bertz CT molecular complexity index is 1330. The van der Waals surface area contributed by atoms with E-state index in [2.05, 4.69) is 9.89 Å². The van der Waals surface area contributed by atoms with Crippen LogP contribution in [-0.2, 0) is 18.0 Å². The Morgan fingerprint density at radius 2 is 1.32 bits per heavy atom. The van der Waals surface area contributed by atoms with Crippen molar-refractivity contribution in [3.8, 4) is 23.0 Å². The number of methoxy groups -OCH3 is 2. The highest BCUT2D eigenvalue weighted by Crippen LogP contribution is 2.43. The summed E-state index contributed by atoms with van der Waals surface area (Å²) in [6, 6.07) is 21.2. The zero-order valence-corrected chi connectivity index (χ0v) is 24.4. The number of aliphatic imine (C=N–C) groups is 1. The van der Waals surface area contributed by atoms with E-state index in [4.69, 9.17) is 18.9 Å². The van der Waals surface area contributed by atoms with E-state index in [1.165, 1.54) is 19.3 Å². The molecule has 41 heavy (non-hydrogen) atoms. The van der Waals surface area contributed by atoms with Gasteiger partial charge in [0.25, 0.3) is 0 Å². The fourth-order valence-corrected chi connectivity index (χ4v) is 5.84. The van der Waals surface area contributed by atoms with Crippen molar-refractivity contribution < 1.29 is 23.7 Å². The van der Waals surface area contributed by atoms with Gasteiger partial charge >= 0.3 is 0 Å². The molecule has 3 aromatic carbocycles. The third kappa shape index (κ3) is 7.09. The first kappa shape index (κ1) is 28.7. The molecule has 3 saturated heterocycles. The van der Waals surface area contributed by atoms with Gasteiger partial charge in [-0.2, -0.15) is 0 Å². The van der Waals surface area contributed by atoms with Crippen LogP contribution in [0.2, 0.25) is 0 Å². The minimum Gasteiger partial charge on any atom is -0.497 e. The van der Waals surface area contributed by atoms with Gasteiger partial charge in [-0.05, 0) is 104 Å². The van der Waals surface area contributed by atoms with Crippen LogP contribution in [0.1, 0.15) is 48.8 Å². The van der Waals surface area contributed by atoms with E-state index in [-0.39, 0.29) is 5.78 Å². The lowest BCUT2D eigenvalue weighted by Gasteiger charge is -2.48. The van der Waals surface area contributed by atoms with E-state index in [0.29, 0.717) is 42.3 Å². The summed E-state index contributed by atoms with van der Waals surface area (Å²) >= 11 is 0. The van der Waals surface area contributed by atoms with Gasteiger partial charge < -0.3 is 23.8 Å². The minimum atomic E-state index is 0.0860. The normalized spacial score (nSPS) is 20.0. The van der Waals surface area contributed by atoms with Crippen LogP contribution in [0.25, 0.3) is 0 Å². The Balaban J connectivity index is 1.32. The lowest BCUT2D eigenvalue weighted by molar-refractivity contribution is -0.114. The van der Waals surface area contributed by atoms with E-state index in [9.17, 15) is 4.79 Å². The van der Waals surface area contributed by atoms with Crippen molar-refractivity contribution in [2.75, 3.05) is 40.9 Å². The van der Waals surface area contributed by atoms with Crippen molar-refractivity contribution >= 4 is 11.5 Å². The maximum absolute atomic E-state index is 13.5. The summed E-state index contributed by atoms with van der Waals surface area (Å²) in [5.74, 6) is 2.85. The predicted octanol–water partition coefficient (Wildman–Crippen LogP) is 6.12. The van der Waals surface area contributed by atoms with Gasteiger partial charge in [0.15, 0.2) is 17.3 Å². The highest BCUT2D eigenvalue weighted by molar-refractivity contribution is 6.46. The topological polar surface area (TPSA) is 69.6 Å². The second kappa shape index (κ2) is 13.2. The Morgan fingerprint density at radius 1 is 0.780 bits per heavy atom. The summed E-state index contributed by atoms with van der Waals surface area (Å²) in [5.41, 5.74) is 3.56. The maximum Gasteiger partial charge on any atom is 0.181 e. The summed E-state index contributed by atoms with van der Waals surface area (Å²) in [5, 5.41) is 0. The summed E-state index contributed by atoms with van der Waals surface area (Å²) in [4.78, 5) is 20.4. The van der Waals surface area contributed by atoms with E-state index in [1.54, 1.807) is 21.3 Å². The van der Waals surface area contributed by atoms with Crippen LogP contribution < -0.4 is 18.9 Å². The number of ether oxygens (including phenoxy) is 4. The van der Waals surface area contributed by atoms with Crippen LogP contribution in [0, 0.1) is 5.41 Å². The number of carbonyl (C=O) groups excluding carboxylic acids is 1. The van der Waals surface area contributed by atoms with Crippen molar-refractivity contribution in [2.24, 2.45) is 10.4 Å². The lowest BCUT2D eigenvalue weighted by atomic mass is 9.69. The highest BCUT2D eigenvalue weighted by Gasteiger charge is 2.39. The summed E-state index contributed by atoms with van der Waals surface area (Å²) in [6.07, 6.45) is 5.04. The summed E-state index contributed by atoms with van der Waals surface area (Å²) in [6.45, 7) is 4.20. The maximum atomic E-state index is 13.5. The van der Waals surface area contributed by atoms with Crippen molar-refractivity contribution in [3.05, 3.63) is 83.4 Å². The van der Waals surface area contributed by atoms with Gasteiger partial charge in [0.2, 0.25) is 0 Å². The van der Waals surface area contributed by atoms with Crippen LogP contribution in [0.5, 0.6) is 23.0 Å². The molecule has 6 rings (SSSR count). The Kier molecular flexibility index (Phi) is 9.24. The second-order valence-electron chi connectivity index (χ2n) is 11.0. The van der Waals surface area contributed by atoms with Crippen LogP contribution in [0.4, 0.5) is 0 Å². The standard InChI is InChI=1S/C34H40N2O5/c1-35-33(30(37)14-15-34-16-19-36(20-17-34)21-18-34)27-8-13-31(40-23-25-4-9-28(38-2)10-5-25)32(22-27)41-24-26-6-11-29(39-3)12-7-26/h4-13,22H,14-21,23-24H2,1-3H3. The third-order valence-electron chi connectivity index (χ3n) is 8.57. The van der Waals surface area contributed by atoms with Crippen LogP contribution in [0.3, 0.4) is 0 Å². The minimum absolute atomic E-state index is 0.0860. The number of hydrogen-bond acceptors (Lipinski definition) is 7. The largest absolute Gasteiger partial charge is 0.497 e. The van der Waals surface area contributed by atoms with Crippen molar-refractivity contribution in [2.45, 2.75) is 45.3 Å². The number of Topliss-reactive ketones (excluding diaryl/α,β-unsaturated/α-hetero) is 1. The van der Waals surface area contributed by atoms with Gasteiger partial charge in [-0.25, -0.2) is 0 Å². The lowest BCUT2D eigenvalue weighted by Crippen LogP contribution is -2.48. The van der Waals surface area contributed by atoms with Crippen LogP contribution in [0.15, 0.2) is 71.7 Å². The quantitative estimate of drug-likeness (QED) is 0.237. The molecule has 7 nitrogen and oxygen atoms in total. The Morgan fingerprint density at radius 3 is 1.83 bits per heavy atom. The molecule has 7 heteroatoms. The van der Waals surface area contributed by atoms with E-state index < -0.39 is 0 Å². The van der Waals surface area contributed by atoms with Crippen molar-refractivity contribution in [1.82, 2.24) is 4.90 Å². The first-order valence-corrected chi connectivity index (χ1v) is 14.4. The average molecular weight is 557 g/mol. The summed E-state index contributed by atoms with van der Waals surface area (Å²) < 4.78 is 23.0. The molecule has 3 heterocycles. The number of ketones is 1. The van der Waals surface area contributed by atoms with Crippen molar-refractivity contribution in [1.29, 1.82) is 0 Å². The molecule has 0 N–H and O–H groups in total. The molecule has 3 fully saturated rings. The Labute approximate surface area is 243 Å². The molecule has 0 amide bonds. The van der Waals surface area contributed by atoms with E-state index in [1.807, 2.05) is 66.7 Å². The molecule has 0 atom stereocenters. The predicted molar refractivity (Wildman–Crippen MR) is 161 cm³/mol. The number of rotatable bonds is 13. The van der Waals surface area contributed by atoms with Gasteiger partial charge in [0.1, 0.15) is 30.4 Å². The molecule has 0 radical (unpaired) electrons. The van der Waals surface area contributed by atoms with E-state index >= 15 is 0 Å². The number of piperidine rings is 3. The number of carbonyl (C=O) groups is 1. The molecule has 2 bridgehead atoms. The molecule has 0 saturated carbocycles. The van der Waals surface area contributed by atoms with Gasteiger partial charge in [-0.1, -0.05) is 24.3 Å². The van der Waals surface area contributed by atoms with Gasteiger partial charge in [-0.15, -0.1) is 0 Å². The molecular formula is C34H40N2O5. The number of benzene rings is 3. The molecule has 216 valence electrons. The summed E-state index contributed by atoms with van der Waals surface area (Å²) in [7, 11) is 4.99. The van der Waals surface area contributed by atoms with Crippen LogP contribution in [-0.4, -0.2) is 57.3 Å². The number of hydrogen-bond donors (Lipinski definition) is 0. The monoisotopic (exact) mass is 556 g/mol. The molecule has 3 aromatic rings. The first-order valence-electron chi connectivity index (χ1n) is 14.4. The number of nitrogens with zero attached hydrogens (tertiary/aromatic N) is 2. The second-order valence-corrected chi connectivity index (χ2v) is 11.0. The van der Waals surface area contributed by atoms with Gasteiger partial charge in [-0.3, -0.25) is 9.79 Å². The SMILES string of the molecule is CN=C(C(=O)CCC12CCN(CC1)CC2)c1ccc(OCc2ccc(OC)cc2)c(OCc2ccc(OC)cc2)c1. The molecule has 3 aliphatic rings. The molecule has 0 aromatic heterocycles. The molecule has 0 unspecified atom stereocenters. The first-order chi connectivity index (χ1) is 20.0. The fraction of sp³-hybridized carbons (Fsp3) is 0.412. The van der Waals surface area contributed by atoms with Gasteiger partial charge in [0, 0.05) is 19.0 Å². The zero-order chi connectivity index (χ0) is 28.7. The van der Waals surface area contributed by atoms with Crippen molar-refractivity contribution in [3.63, 3.8) is 0 Å².